The predicted molar refractivity (Wildman–Crippen MR) is 83.9 cm³/mol. The van der Waals surface area contributed by atoms with Gasteiger partial charge in [0.1, 0.15) is 0 Å². The fraction of sp³-hybridized carbons (Fsp3) is 0.200. The molecule has 21 heavy (non-hydrogen) atoms. The molecule has 0 saturated carbocycles. The zero-order valence-electron chi connectivity index (χ0n) is 11.1. The maximum atomic E-state index is 12.3. The van der Waals surface area contributed by atoms with Crippen LogP contribution in [0.15, 0.2) is 48.8 Å². The van der Waals surface area contributed by atoms with Gasteiger partial charge >= 0.3 is 5.97 Å². The van der Waals surface area contributed by atoms with Gasteiger partial charge < -0.3 is 4.74 Å². The highest BCUT2D eigenvalue weighted by molar-refractivity contribution is 6.68. The summed E-state index contributed by atoms with van der Waals surface area (Å²) >= 11 is 17.8. The van der Waals surface area contributed by atoms with Crippen molar-refractivity contribution in [3.05, 3.63) is 65.5 Å². The lowest BCUT2D eigenvalue weighted by molar-refractivity contribution is 0.0303. The van der Waals surface area contributed by atoms with E-state index in [2.05, 4.69) is 4.98 Å². The van der Waals surface area contributed by atoms with E-state index < -0.39 is 15.9 Å². The van der Waals surface area contributed by atoms with Crippen molar-refractivity contribution in [1.29, 1.82) is 0 Å². The van der Waals surface area contributed by atoms with E-state index >= 15 is 0 Å². The molecule has 0 spiro atoms. The fourth-order valence-electron chi connectivity index (χ4n) is 1.83. The first-order valence-corrected chi connectivity index (χ1v) is 7.26. The van der Waals surface area contributed by atoms with E-state index in [0.717, 1.165) is 5.56 Å². The van der Waals surface area contributed by atoms with Crippen LogP contribution in [0.1, 0.15) is 27.6 Å². The third kappa shape index (κ3) is 4.10. The number of esters is 1. The van der Waals surface area contributed by atoms with Crippen molar-refractivity contribution < 1.29 is 9.53 Å². The third-order valence-corrected chi connectivity index (χ3v) is 3.47. The van der Waals surface area contributed by atoms with Gasteiger partial charge in [-0.25, -0.2) is 4.79 Å². The Morgan fingerprint density at radius 3 is 2.48 bits per heavy atom. The molecule has 0 saturated heterocycles. The standard InChI is InChI=1S/C15H12Cl3NO2/c1-10-5-2-3-7-12(10)14(20)21-13(15(16,17)18)11-6-4-8-19-9-11/h2-9,13H,1H3. The first-order chi connectivity index (χ1) is 9.89. The highest BCUT2D eigenvalue weighted by Crippen LogP contribution is 2.42. The van der Waals surface area contributed by atoms with Crippen molar-refractivity contribution in [2.45, 2.75) is 16.8 Å². The molecule has 2 aromatic rings. The number of pyridine rings is 1. The Kier molecular flexibility index (Phi) is 5.09. The van der Waals surface area contributed by atoms with Crippen molar-refractivity contribution in [3.63, 3.8) is 0 Å². The molecule has 0 radical (unpaired) electrons. The van der Waals surface area contributed by atoms with Crippen molar-refractivity contribution in [2.24, 2.45) is 0 Å². The van der Waals surface area contributed by atoms with Crippen LogP contribution in [0, 0.1) is 6.92 Å². The number of carbonyl (C=O) groups is 1. The van der Waals surface area contributed by atoms with Crippen LogP contribution in [0.4, 0.5) is 0 Å². The van der Waals surface area contributed by atoms with Crippen molar-refractivity contribution in [3.8, 4) is 0 Å². The van der Waals surface area contributed by atoms with E-state index in [-0.39, 0.29) is 0 Å². The Hall–Kier alpha value is -1.29. The minimum Gasteiger partial charge on any atom is -0.449 e. The summed E-state index contributed by atoms with van der Waals surface area (Å²) in [7, 11) is 0. The number of halogens is 3. The summed E-state index contributed by atoms with van der Waals surface area (Å²) < 4.78 is 3.60. The molecule has 3 nitrogen and oxygen atoms in total. The number of nitrogens with zero attached hydrogens (tertiary/aromatic N) is 1. The topological polar surface area (TPSA) is 39.2 Å². The summed E-state index contributed by atoms with van der Waals surface area (Å²) in [6, 6.07) is 10.4. The Balaban J connectivity index is 2.29. The average Bonchev–Trinajstić information content (AvgIpc) is 2.44. The monoisotopic (exact) mass is 343 g/mol. The molecule has 2 rings (SSSR count). The molecule has 1 unspecified atom stereocenters. The molecular weight excluding hydrogens is 333 g/mol. The van der Waals surface area contributed by atoms with Crippen LogP contribution in [0.2, 0.25) is 0 Å². The Labute approximate surface area is 137 Å². The number of aryl methyl sites for hydroxylation is 1. The molecule has 110 valence electrons. The van der Waals surface area contributed by atoms with Gasteiger partial charge in [-0.05, 0) is 24.6 Å². The van der Waals surface area contributed by atoms with E-state index in [1.165, 1.54) is 6.20 Å². The van der Waals surface area contributed by atoms with Crippen LogP contribution in [0.5, 0.6) is 0 Å². The van der Waals surface area contributed by atoms with E-state index in [0.29, 0.717) is 11.1 Å². The SMILES string of the molecule is Cc1ccccc1C(=O)OC(c1cccnc1)C(Cl)(Cl)Cl. The highest BCUT2D eigenvalue weighted by atomic mass is 35.6. The number of hydrogen-bond acceptors (Lipinski definition) is 3. The van der Waals surface area contributed by atoms with Crippen molar-refractivity contribution >= 4 is 40.8 Å². The lowest BCUT2D eigenvalue weighted by Crippen LogP contribution is -2.24. The summed E-state index contributed by atoms with van der Waals surface area (Å²) in [5.74, 6) is -0.548. The van der Waals surface area contributed by atoms with E-state index in [9.17, 15) is 4.79 Å². The number of rotatable bonds is 3. The molecule has 0 amide bonds. The highest BCUT2D eigenvalue weighted by Gasteiger charge is 2.38. The van der Waals surface area contributed by atoms with Gasteiger partial charge in [-0.2, -0.15) is 0 Å². The number of hydrogen-bond donors (Lipinski definition) is 0. The summed E-state index contributed by atoms with van der Waals surface area (Å²) in [5.41, 5.74) is 1.73. The van der Waals surface area contributed by atoms with Crippen LogP contribution in [-0.4, -0.2) is 14.7 Å². The van der Waals surface area contributed by atoms with Gasteiger partial charge in [0, 0.05) is 18.0 Å². The smallest absolute Gasteiger partial charge is 0.339 e. The second-order valence-electron chi connectivity index (χ2n) is 4.43. The Bertz CT molecular complexity index is 626. The molecule has 0 aliphatic heterocycles. The van der Waals surface area contributed by atoms with Crippen LogP contribution in [-0.2, 0) is 4.74 Å². The van der Waals surface area contributed by atoms with Gasteiger partial charge in [-0.15, -0.1) is 0 Å². The van der Waals surface area contributed by atoms with E-state index in [1.807, 2.05) is 19.1 Å². The number of carbonyl (C=O) groups excluding carboxylic acids is 1. The van der Waals surface area contributed by atoms with Crippen LogP contribution < -0.4 is 0 Å². The zero-order chi connectivity index (χ0) is 15.5. The van der Waals surface area contributed by atoms with Crippen LogP contribution >= 0.6 is 34.8 Å². The molecule has 0 bridgehead atoms. The maximum absolute atomic E-state index is 12.3. The third-order valence-electron chi connectivity index (χ3n) is 2.87. The quantitative estimate of drug-likeness (QED) is 0.600. The maximum Gasteiger partial charge on any atom is 0.339 e. The minimum atomic E-state index is -1.79. The first-order valence-electron chi connectivity index (χ1n) is 6.13. The number of aromatic nitrogens is 1. The predicted octanol–water partition coefficient (Wildman–Crippen LogP) is 4.66. The molecule has 0 fully saturated rings. The minimum absolute atomic E-state index is 0.431. The number of ether oxygens (including phenoxy) is 1. The first kappa shape index (κ1) is 16.1. The van der Waals surface area contributed by atoms with Gasteiger partial charge in [0.25, 0.3) is 0 Å². The van der Waals surface area contributed by atoms with Crippen LogP contribution in [0.25, 0.3) is 0 Å². The summed E-state index contributed by atoms with van der Waals surface area (Å²) in [5, 5.41) is 0. The molecule has 1 heterocycles. The van der Waals surface area contributed by atoms with Gasteiger partial charge in [0.05, 0.1) is 5.56 Å². The second-order valence-corrected chi connectivity index (χ2v) is 6.80. The largest absolute Gasteiger partial charge is 0.449 e. The summed E-state index contributed by atoms with van der Waals surface area (Å²) in [6.45, 7) is 1.81. The Morgan fingerprint density at radius 1 is 1.19 bits per heavy atom. The van der Waals surface area contributed by atoms with Crippen LogP contribution in [0.3, 0.4) is 0 Å². The van der Waals surface area contributed by atoms with Gasteiger partial charge in [-0.3, -0.25) is 4.98 Å². The zero-order valence-corrected chi connectivity index (χ0v) is 13.4. The number of alkyl halides is 3. The molecule has 0 aliphatic carbocycles. The molecule has 0 N–H and O–H groups in total. The lowest BCUT2D eigenvalue weighted by Gasteiger charge is -2.24. The molecule has 0 aliphatic rings. The normalized spacial score (nSPS) is 12.8. The summed E-state index contributed by atoms with van der Waals surface area (Å²) in [4.78, 5) is 16.2. The molecule has 1 atom stereocenters. The van der Waals surface area contributed by atoms with Gasteiger partial charge in [0.2, 0.25) is 3.79 Å². The molecule has 1 aromatic carbocycles. The number of benzene rings is 1. The molecule has 1 aromatic heterocycles. The average molecular weight is 345 g/mol. The van der Waals surface area contributed by atoms with Gasteiger partial charge in [0.15, 0.2) is 6.10 Å². The van der Waals surface area contributed by atoms with Crippen molar-refractivity contribution in [2.75, 3.05) is 0 Å². The van der Waals surface area contributed by atoms with Crippen molar-refractivity contribution in [1.82, 2.24) is 4.98 Å². The second kappa shape index (κ2) is 6.65. The summed E-state index contributed by atoms with van der Waals surface area (Å²) in [6.07, 6.45) is 2.04. The van der Waals surface area contributed by atoms with E-state index in [1.54, 1.807) is 30.5 Å². The fourth-order valence-corrected chi connectivity index (χ4v) is 2.34. The van der Waals surface area contributed by atoms with E-state index in [4.69, 9.17) is 39.5 Å². The lowest BCUT2D eigenvalue weighted by atomic mass is 10.1. The van der Waals surface area contributed by atoms with Gasteiger partial charge in [-0.1, -0.05) is 59.1 Å². The molecule has 6 heteroatoms. The Morgan fingerprint density at radius 2 is 1.90 bits per heavy atom. The molecular formula is C15H12Cl3NO2.